The minimum Gasteiger partial charge on any atom is -0.356 e. The van der Waals surface area contributed by atoms with Gasteiger partial charge in [-0.25, -0.2) is 8.42 Å². The van der Waals surface area contributed by atoms with E-state index in [4.69, 9.17) is 4.52 Å². The van der Waals surface area contributed by atoms with E-state index >= 15 is 0 Å². The van der Waals surface area contributed by atoms with E-state index in [9.17, 15) is 8.42 Å². The van der Waals surface area contributed by atoms with Crippen LogP contribution in [0.2, 0.25) is 0 Å². The zero-order valence-corrected chi connectivity index (χ0v) is 12.4. The Labute approximate surface area is 118 Å². The molecular formula is C14H18N2O3S. The molecule has 5 nitrogen and oxygen atoms in total. The van der Waals surface area contributed by atoms with Crippen LogP contribution in [0.4, 0.5) is 0 Å². The van der Waals surface area contributed by atoms with Gasteiger partial charge in [0.2, 0.25) is 0 Å². The molecule has 0 saturated carbocycles. The molecule has 2 aromatic rings. The Morgan fingerprint density at radius 1 is 1.25 bits per heavy atom. The minimum absolute atomic E-state index is 0.297. The number of benzene rings is 1. The standard InChI is InChI=1S/C14H18N2O3S/c1-3-8-15-10-12-9-14(19-16-12)11-4-6-13(7-5-11)20(2,17)18/h4-7,9,15H,3,8,10H2,1-2H3. The largest absolute Gasteiger partial charge is 0.356 e. The lowest BCUT2D eigenvalue weighted by Crippen LogP contribution is -2.13. The van der Waals surface area contributed by atoms with Gasteiger partial charge >= 0.3 is 0 Å². The van der Waals surface area contributed by atoms with Gasteiger partial charge in [-0.3, -0.25) is 0 Å². The fourth-order valence-electron chi connectivity index (χ4n) is 1.79. The predicted octanol–water partition coefficient (Wildman–Crippen LogP) is 2.24. The highest BCUT2D eigenvalue weighted by Crippen LogP contribution is 2.22. The molecule has 1 aromatic heterocycles. The summed E-state index contributed by atoms with van der Waals surface area (Å²) in [6, 6.07) is 8.45. The number of nitrogens with one attached hydrogen (secondary N) is 1. The quantitative estimate of drug-likeness (QED) is 0.827. The fraction of sp³-hybridized carbons (Fsp3) is 0.357. The Morgan fingerprint density at radius 2 is 1.95 bits per heavy atom. The number of rotatable bonds is 6. The first-order valence-electron chi connectivity index (χ1n) is 6.47. The Balaban J connectivity index is 2.12. The Bertz CT molecular complexity index is 660. The molecular weight excluding hydrogens is 276 g/mol. The van der Waals surface area contributed by atoms with Crippen molar-refractivity contribution in [2.24, 2.45) is 0 Å². The van der Waals surface area contributed by atoms with Crippen LogP contribution in [0.5, 0.6) is 0 Å². The number of aromatic nitrogens is 1. The summed E-state index contributed by atoms with van der Waals surface area (Å²) in [5.41, 5.74) is 1.65. The number of hydrogen-bond acceptors (Lipinski definition) is 5. The molecule has 0 aliphatic carbocycles. The smallest absolute Gasteiger partial charge is 0.175 e. The molecule has 2 rings (SSSR count). The zero-order valence-electron chi connectivity index (χ0n) is 11.6. The van der Waals surface area contributed by atoms with E-state index in [0.29, 0.717) is 17.2 Å². The molecule has 108 valence electrons. The molecule has 0 bridgehead atoms. The van der Waals surface area contributed by atoms with Gasteiger partial charge < -0.3 is 9.84 Å². The van der Waals surface area contributed by atoms with Crippen molar-refractivity contribution >= 4 is 9.84 Å². The van der Waals surface area contributed by atoms with Gasteiger partial charge in [0.05, 0.1) is 10.6 Å². The molecule has 0 aliphatic heterocycles. The van der Waals surface area contributed by atoms with Crippen LogP contribution in [0.25, 0.3) is 11.3 Å². The van der Waals surface area contributed by atoms with Crippen LogP contribution in [0.15, 0.2) is 39.8 Å². The van der Waals surface area contributed by atoms with Crippen molar-refractivity contribution < 1.29 is 12.9 Å². The highest BCUT2D eigenvalue weighted by Gasteiger charge is 2.10. The lowest BCUT2D eigenvalue weighted by atomic mass is 10.1. The zero-order chi connectivity index (χ0) is 14.6. The maximum absolute atomic E-state index is 11.4. The summed E-state index contributed by atoms with van der Waals surface area (Å²) >= 11 is 0. The molecule has 0 spiro atoms. The second-order valence-electron chi connectivity index (χ2n) is 4.66. The highest BCUT2D eigenvalue weighted by atomic mass is 32.2. The molecule has 20 heavy (non-hydrogen) atoms. The van der Waals surface area contributed by atoms with Gasteiger partial charge in [-0.15, -0.1) is 0 Å². The summed E-state index contributed by atoms with van der Waals surface area (Å²) in [7, 11) is -3.17. The highest BCUT2D eigenvalue weighted by molar-refractivity contribution is 7.90. The predicted molar refractivity (Wildman–Crippen MR) is 77.0 cm³/mol. The van der Waals surface area contributed by atoms with Gasteiger partial charge in [0, 0.05) is 24.4 Å². The maximum atomic E-state index is 11.4. The van der Waals surface area contributed by atoms with Crippen molar-refractivity contribution in [1.82, 2.24) is 10.5 Å². The first kappa shape index (κ1) is 14.7. The Morgan fingerprint density at radius 3 is 2.55 bits per heavy atom. The van der Waals surface area contributed by atoms with Gasteiger partial charge in [0.15, 0.2) is 15.6 Å². The van der Waals surface area contributed by atoms with E-state index in [-0.39, 0.29) is 0 Å². The fourth-order valence-corrected chi connectivity index (χ4v) is 2.42. The summed E-state index contributed by atoms with van der Waals surface area (Å²) < 4.78 is 28.0. The normalized spacial score (nSPS) is 11.7. The molecule has 0 radical (unpaired) electrons. The van der Waals surface area contributed by atoms with E-state index in [1.165, 1.54) is 6.26 Å². The summed E-state index contributed by atoms with van der Waals surface area (Å²) in [5.74, 6) is 0.637. The second kappa shape index (κ2) is 6.19. The molecule has 0 fully saturated rings. The van der Waals surface area contributed by atoms with Crippen LogP contribution in [0.3, 0.4) is 0 Å². The van der Waals surface area contributed by atoms with Crippen molar-refractivity contribution in [3.8, 4) is 11.3 Å². The van der Waals surface area contributed by atoms with Crippen LogP contribution < -0.4 is 5.32 Å². The van der Waals surface area contributed by atoms with Gasteiger partial charge in [-0.2, -0.15) is 0 Å². The van der Waals surface area contributed by atoms with Gasteiger partial charge in [-0.05, 0) is 37.2 Å². The molecule has 0 amide bonds. The molecule has 6 heteroatoms. The van der Waals surface area contributed by atoms with Gasteiger partial charge in [-0.1, -0.05) is 12.1 Å². The van der Waals surface area contributed by atoms with E-state index < -0.39 is 9.84 Å². The summed E-state index contributed by atoms with van der Waals surface area (Å²) in [5, 5.41) is 7.22. The van der Waals surface area contributed by atoms with Crippen molar-refractivity contribution in [3.05, 3.63) is 36.0 Å². The molecule has 1 N–H and O–H groups in total. The van der Waals surface area contributed by atoms with Crippen LogP contribution >= 0.6 is 0 Å². The van der Waals surface area contributed by atoms with E-state index in [1.54, 1.807) is 24.3 Å². The monoisotopic (exact) mass is 294 g/mol. The SMILES string of the molecule is CCCNCc1cc(-c2ccc(S(C)(=O)=O)cc2)on1. The molecule has 0 aliphatic rings. The van der Waals surface area contributed by atoms with E-state index in [0.717, 1.165) is 24.2 Å². The van der Waals surface area contributed by atoms with E-state index in [1.807, 2.05) is 6.07 Å². The number of hydrogen-bond donors (Lipinski definition) is 1. The number of nitrogens with zero attached hydrogens (tertiary/aromatic N) is 1. The third-order valence-electron chi connectivity index (χ3n) is 2.86. The summed E-state index contributed by atoms with van der Waals surface area (Å²) in [6.07, 6.45) is 2.26. The van der Waals surface area contributed by atoms with Crippen molar-refractivity contribution in [3.63, 3.8) is 0 Å². The van der Waals surface area contributed by atoms with Crippen LogP contribution in [0, 0.1) is 0 Å². The van der Waals surface area contributed by atoms with Gasteiger partial charge in [0.25, 0.3) is 0 Å². The second-order valence-corrected chi connectivity index (χ2v) is 6.67. The van der Waals surface area contributed by atoms with Crippen molar-refractivity contribution in [2.75, 3.05) is 12.8 Å². The topological polar surface area (TPSA) is 72.2 Å². The average molecular weight is 294 g/mol. The Kier molecular flexibility index (Phi) is 4.57. The Hall–Kier alpha value is -1.66. The van der Waals surface area contributed by atoms with E-state index in [2.05, 4.69) is 17.4 Å². The van der Waals surface area contributed by atoms with Crippen LogP contribution in [0.1, 0.15) is 19.0 Å². The number of sulfone groups is 1. The first-order valence-corrected chi connectivity index (χ1v) is 8.36. The molecule has 0 saturated heterocycles. The third-order valence-corrected chi connectivity index (χ3v) is 3.99. The average Bonchev–Trinajstić information content (AvgIpc) is 2.87. The van der Waals surface area contributed by atoms with Crippen molar-refractivity contribution in [2.45, 2.75) is 24.8 Å². The minimum atomic E-state index is -3.17. The lowest BCUT2D eigenvalue weighted by Gasteiger charge is -1.99. The summed E-state index contributed by atoms with van der Waals surface area (Å²) in [4.78, 5) is 0.297. The van der Waals surface area contributed by atoms with Crippen molar-refractivity contribution in [1.29, 1.82) is 0 Å². The molecule has 1 aromatic carbocycles. The molecule has 0 atom stereocenters. The van der Waals surface area contributed by atoms with Gasteiger partial charge in [0.1, 0.15) is 0 Å². The molecule has 1 heterocycles. The van der Waals surface area contributed by atoms with Crippen LogP contribution in [-0.2, 0) is 16.4 Å². The molecule has 0 unspecified atom stereocenters. The van der Waals surface area contributed by atoms with Crippen LogP contribution in [-0.4, -0.2) is 26.4 Å². The summed E-state index contributed by atoms with van der Waals surface area (Å²) in [6.45, 7) is 3.70. The first-order chi connectivity index (χ1) is 9.50. The lowest BCUT2D eigenvalue weighted by molar-refractivity contribution is 0.420. The third kappa shape index (κ3) is 3.68. The maximum Gasteiger partial charge on any atom is 0.175 e.